The first-order chi connectivity index (χ1) is 7.76. The topological polar surface area (TPSA) is 32.7 Å². The van der Waals surface area contributed by atoms with Gasteiger partial charge in [0.2, 0.25) is 0 Å². The number of hydrogen-bond donors (Lipinski definition) is 1. The van der Waals surface area contributed by atoms with Gasteiger partial charge in [0.1, 0.15) is 5.75 Å². The van der Waals surface area contributed by atoms with Gasteiger partial charge in [-0.25, -0.2) is 0 Å². The average molecular weight is 223 g/mol. The summed E-state index contributed by atoms with van der Waals surface area (Å²) in [5.41, 5.74) is 1.14. The van der Waals surface area contributed by atoms with Crippen LogP contribution in [-0.4, -0.2) is 36.3 Å². The smallest absolute Gasteiger partial charge is 0.115 e. The fourth-order valence-corrected chi connectivity index (χ4v) is 1.60. The lowest BCUT2D eigenvalue weighted by Gasteiger charge is -2.20. The molecule has 1 N–H and O–H groups in total. The summed E-state index contributed by atoms with van der Waals surface area (Å²) in [5, 5.41) is 9.37. The van der Waals surface area contributed by atoms with E-state index in [4.69, 9.17) is 4.74 Å². The highest BCUT2D eigenvalue weighted by atomic mass is 16.5. The largest absolute Gasteiger partial charge is 0.508 e. The monoisotopic (exact) mass is 223 g/mol. The second-order valence-electron chi connectivity index (χ2n) is 3.74. The Labute approximate surface area is 97.7 Å². The molecule has 0 aliphatic carbocycles. The molecule has 1 aromatic rings. The molecule has 0 aliphatic rings. The minimum Gasteiger partial charge on any atom is -0.508 e. The molecule has 0 saturated carbocycles. The van der Waals surface area contributed by atoms with Crippen molar-refractivity contribution in [1.82, 2.24) is 4.90 Å². The van der Waals surface area contributed by atoms with Gasteiger partial charge in [-0.3, -0.25) is 4.90 Å². The van der Waals surface area contributed by atoms with Crippen molar-refractivity contribution in [3.8, 4) is 5.75 Å². The van der Waals surface area contributed by atoms with Crippen molar-refractivity contribution in [3.05, 3.63) is 29.8 Å². The van der Waals surface area contributed by atoms with Crippen LogP contribution in [0.1, 0.15) is 19.4 Å². The van der Waals surface area contributed by atoms with Crippen LogP contribution in [0, 0.1) is 0 Å². The molecule has 90 valence electrons. The molecule has 1 rings (SSSR count). The van der Waals surface area contributed by atoms with E-state index in [2.05, 4.69) is 11.8 Å². The predicted molar refractivity (Wildman–Crippen MR) is 65.6 cm³/mol. The van der Waals surface area contributed by atoms with Crippen LogP contribution in [0.5, 0.6) is 5.75 Å². The molecule has 0 amide bonds. The molecule has 0 fully saturated rings. The summed E-state index contributed by atoms with van der Waals surface area (Å²) in [6, 6.07) is 7.41. The van der Waals surface area contributed by atoms with E-state index < -0.39 is 0 Å². The van der Waals surface area contributed by atoms with Crippen LogP contribution in [0.25, 0.3) is 0 Å². The van der Waals surface area contributed by atoms with Gasteiger partial charge in [0.05, 0.1) is 6.61 Å². The molecule has 0 saturated heterocycles. The number of nitrogens with zero attached hydrogens (tertiary/aromatic N) is 1. The average Bonchev–Trinajstić information content (AvgIpc) is 2.28. The van der Waals surface area contributed by atoms with Gasteiger partial charge in [-0.05, 0) is 31.2 Å². The Morgan fingerprint density at radius 2 is 2.12 bits per heavy atom. The Hall–Kier alpha value is -1.06. The minimum absolute atomic E-state index is 0.332. The quantitative estimate of drug-likeness (QED) is 0.720. The van der Waals surface area contributed by atoms with E-state index in [0.717, 1.165) is 38.4 Å². The predicted octanol–water partition coefficient (Wildman–Crippen LogP) is 2.25. The maximum absolute atomic E-state index is 9.37. The van der Waals surface area contributed by atoms with Gasteiger partial charge < -0.3 is 9.84 Å². The number of aromatic hydroxyl groups is 1. The fourth-order valence-electron chi connectivity index (χ4n) is 1.60. The molecule has 16 heavy (non-hydrogen) atoms. The van der Waals surface area contributed by atoms with Gasteiger partial charge in [0, 0.05) is 19.7 Å². The molecule has 0 atom stereocenters. The van der Waals surface area contributed by atoms with Crippen molar-refractivity contribution < 1.29 is 9.84 Å². The Morgan fingerprint density at radius 1 is 1.31 bits per heavy atom. The zero-order valence-electron chi connectivity index (χ0n) is 10.1. The van der Waals surface area contributed by atoms with Crippen LogP contribution < -0.4 is 0 Å². The molecule has 0 aliphatic heterocycles. The summed E-state index contributed by atoms with van der Waals surface area (Å²) in [5.74, 6) is 0.332. The fraction of sp³-hybridized carbons (Fsp3) is 0.538. The van der Waals surface area contributed by atoms with Gasteiger partial charge in [-0.15, -0.1) is 0 Å². The van der Waals surface area contributed by atoms with Crippen molar-refractivity contribution in [3.63, 3.8) is 0 Å². The van der Waals surface area contributed by atoms with E-state index in [-0.39, 0.29) is 0 Å². The number of hydrogen-bond acceptors (Lipinski definition) is 3. The maximum Gasteiger partial charge on any atom is 0.115 e. The lowest BCUT2D eigenvalue weighted by molar-refractivity contribution is 0.113. The molecule has 0 unspecified atom stereocenters. The van der Waals surface area contributed by atoms with E-state index in [9.17, 15) is 5.11 Å². The number of phenols is 1. The van der Waals surface area contributed by atoms with Crippen molar-refractivity contribution in [1.29, 1.82) is 0 Å². The first-order valence-corrected chi connectivity index (χ1v) is 5.84. The number of phenolic OH excluding ortho intramolecular Hbond substituents is 1. The van der Waals surface area contributed by atoms with Gasteiger partial charge in [0.25, 0.3) is 0 Å². The van der Waals surface area contributed by atoms with Crippen LogP contribution in [0.4, 0.5) is 0 Å². The van der Waals surface area contributed by atoms with E-state index >= 15 is 0 Å². The normalized spacial score (nSPS) is 10.9. The van der Waals surface area contributed by atoms with Gasteiger partial charge in [-0.2, -0.15) is 0 Å². The molecule has 0 aromatic heterocycles. The number of rotatable bonds is 7. The third kappa shape index (κ3) is 4.64. The van der Waals surface area contributed by atoms with E-state index in [1.807, 2.05) is 25.1 Å². The molecular formula is C13H21NO2. The summed E-state index contributed by atoms with van der Waals surface area (Å²) in [7, 11) is 0. The summed E-state index contributed by atoms with van der Waals surface area (Å²) in [4.78, 5) is 2.30. The van der Waals surface area contributed by atoms with Crippen molar-refractivity contribution in [2.45, 2.75) is 20.4 Å². The molecule has 3 heteroatoms. The molecular weight excluding hydrogens is 202 g/mol. The lowest BCUT2D eigenvalue weighted by Crippen LogP contribution is -2.27. The number of likely N-dealkylation sites (N-methyl/N-ethyl adjacent to an activating group) is 1. The highest BCUT2D eigenvalue weighted by Gasteiger charge is 2.03. The van der Waals surface area contributed by atoms with E-state index in [1.165, 1.54) is 0 Å². The Bertz CT molecular complexity index is 302. The number of benzene rings is 1. The van der Waals surface area contributed by atoms with Crippen molar-refractivity contribution in [2.75, 3.05) is 26.3 Å². The minimum atomic E-state index is 0.332. The molecule has 3 nitrogen and oxygen atoms in total. The van der Waals surface area contributed by atoms with Crippen LogP contribution in [-0.2, 0) is 11.3 Å². The van der Waals surface area contributed by atoms with Crippen LogP contribution in [0.15, 0.2) is 24.3 Å². The summed E-state index contributed by atoms with van der Waals surface area (Å²) >= 11 is 0. The Morgan fingerprint density at radius 3 is 2.75 bits per heavy atom. The summed E-state index contributed by atoms with van der Waals surface area (Å²) in [6.45, 7) is 8.45. The lowest BCUT2D eigenvalue weighted by atomic mass is 10.2. The van der Waals surface area contributed by atoms with Crippen LogP contribution in [0.3, 0.4) is 0 Å². The molecule has 0 heterocycles. The molecule has 0 spiro atoms. The SMILES string of the molecule is CCOCCN(CC)Cc1cccc(O)c1. The summed E-state index contributed by atoms with van der Waals surface area (Å²) in [6.07, 6.45) is 0. The van der Waals surface area contributed by atoms with Crippen LogP contribution >= 0.6 is 0 Å². The third-order valence-electron chi connectivity index (χ3n) is 2.52. The standard InChI is InChI=1S/C13H21NO2/c1-3-14(8-9-16-4-2)11-12-6-5-7-13(15)10-12/h5-7,10,15H,3-4,8-9,11H2,1-2H3. The first-order valence-electron chi connectivity index (χ1n) is 5.84. The van der Waals surface area contributed by atoms with Gasteiger partial charge in [0.15, 0.2) is 0 Å². The summed E-state index contributed by atoms with van der Waals surface area (Å²) < 4.78 is 5.34. The van der Waals surface area contributed by atoms with E-state index in [0.29, 0.717) is 5.75 Å². The maximum atomic E-state index is 9.37. The van der Waals surface area contributed by atoms with E-state index in [1.54, 1.807) is 6.07 Å². The highest BCUT2D eigenvalue weighted by molar-refractivity contribution is 5.26. The van der Waals surface area contributed by atoms with Crippen molar-refractivity contribution in [2.24, 2.45) is 0 Å². The molecule has 0 radical (unpaired) electrons. The Kier molecular flexibility index (Phi) is 5.90. The number of ether oxygens (including phenoxy) is 1. The Balaban J connectivity index is 2.43. The molecule has 1 aromatic carbocycles. The highest BCUT2D eigenvalue weighted by Crippen LogP contribution is 2.12. The zero-order valence-corrected chi connectivity index (χ0v) is 10.1. The van der Waals surface area contributed by atoms with Gasteiger partial charge >= 0.3 is 0 Å². The molecule has 0 bridgehead atoms. The third-order valence-corrected chi connectivity index (χ3v) is 2.52. The second-order valence-corrected chi connectivity index (χ2v) is 3.74. The van der Waals surface area contributed by atoms with Crippen LogP contribution in [0.2, 0.25) is 0 Å². The zero-order chi connectivity index (χ0) is 11.8. The second kappa shape index (κ2) is 7.25. The van der Waals surface area contributed by atoms with Gasteiger partial charge in [-0.1, -0.05) is 19.1 Å². The van der Waals surface area contributed by atoms with Crippen molar-refractivity contribution >= 4 is 0 Å². The first kappa shape index (κ1) is 13.0.